The van der Waals surface area contributed by atoms with Gasteiger partial charge < -0.3 is 35.0 Å². The maximum atomic E-state index is 13.7. The highest BCUT2D eigenvalue weighted by molar-refractivity contribution is 6.13. The summed E-state index contributed by atoms with van der Waals surface area (Å²) >= 11 is 0. The van der Waals surface area contributed by atoms with Crippen molar-refractivity contribution >= 4 is 75.3 Å². The highest BCUT2D eigenvalue weighted by atomic mass is 16.5. The number of nitrogens with zero attached hydrogens (tertiary/aromatic N) is 10. The summed E-state index contributed by atoms with van der Waals surface area (Å²) in [4.78, 5) is 101. The lowest BCUT2D eigenvalue weighted by atomic mass is 9.96. The number of likely N-dealkylation sites (tertiary alicyclic amines) is 1. The van der Waals surface area contributed by atoms with Gasteiger partial charge in [-0.2, -0.15) is 10.2 Å². The number of rotatable bonds is 19. The van der Waals surface area contributed by atoms with Crippen molar-refractivity contribution in [3.8, 4) is 11.5 Å². The van der Waals surface area contributed by atoms with Crippen molar-refractivity contribution in [2.45, 2.75) is 53.2 Å². The summed E-state index contributed by atoms with van der Waals surface area (Å²) in [5, 5.41) is 14.5. The lowest BCUT2D eigenvalue weighted by Crippen LogP contribution is -2.51. The minimum atomic E-state index is -0.725. The van der Waals surface area contributed by atoms with Gasteiger partial charge in [-0.1, -0.05) is 12.2 Å². The van der Waals surface area contributed by atoms with Crippen LogP contribution in [0, 0.1) is 19.8 Å². The van der Waals surface area contributed by atoms with Gasteiger partial charge in [0, 0.05) is 76.0 Å². The molecule has 2 aromatic carbocycles. The molecule has 2 aliphatic heterocycles. The van der Waals surface area contributed by atoms with Gasteiger partial charge in [-0.25, -0.2) is 9.97 Å². The summed E-state index contributed by atoms with van der Waals surface area (Å²) in [6.45, 7) is 7.20. The summed E-state index contributed by atoms with van der Waals surface area (Å²) in [7, 11) is 3.09. The standard InChI is InChI=1S/C46H50N14O9/c1-6-60-33(18-26(3)54-60)44(67)52-46-49-30-19-28(41(47)64)21-34(68-5)39(30)58(46)13-7-8-14-59-40-31(50-45(59)51-43(66)32-17-25(2)53-55(32)4)20-29(42(48)65)22-35(40)69-16-12-27-23-56(24-27)36(61)11-15-57-37(62)9-10-38(57)63/h7-10,17-22,27H,6,11-16,23-24H2,1-5H3,(H2,47,64)(H2,48,65)(H,49,52,67)(H,50,51,66)/b8-7+. The number of allylic oxidation sites excluding steroid dienone is 2. The maximum Gasteiger partial charge on any atom is 0.276 e. The molecule has 23 nitrogen and oxygen atoms in total. The van der Waals surface area contributed by atoms with Crippen molar-refractivity contribution in [3.63, 3.8) is 0 Å². The number of hydrogen-bond acceptors (Lipinski definition) is 13. The molecular formula is C46H50N14O9. The van der Waals surface area contributed by atoms with E-state index in [0.29, 0.717) is 65.2 Å². The van der Waals surface area contributed by atoms with Crippen molar-refractivity contribution < 1.29 is 43.0 Å². The number of nitrogens with two attached hydrogens (primary N) is 2. The van der Waals surface area contributed by atoms with E-state index in [1.807, 2.05) is 6.92 Å². The van der Waals surface area contributed by atoms with Gasteiger partial charge in [-0.05, 0) is 69.5 Å². The number of methoxy groups -OCH3 is 1. The number of aromatic nitrogens is 8. The Morgan fingerprint density at radius 1 is 0.768 bits per heavy atom. The number of ether oxygens (including phenoxy) is 2. The van der Waals surface area contributed by atoms with Crippen LogP contribution in [-0.2, 0) is 41.1 Å². The molecule has 1 saturated heterocycles. The zero-order chi connectivity index (χ0) is 49.3. The number of nitrogens with one attached hydrogen (secondary N) is 2. The van der Waals surface area contributed by atoms with Gasteiger partial charge in [0.2, 0.25) is 29.6 Å². The topological polar surface area (TPSA) is 292 Å². The van der Waals surface area contributed by atoms with E-state index in [4.69, 9.17) is 25.9 Å². The minimum absolute atomic E-state index is 0.00721. The van der Waals surface area contributed by atoms with E-state index < -0.39 is 35.4 Å². The van der Waals surface area contributed by atoms with Gasteiger partial charge in [0.25, 0.3) is 23.6 Å². The van der Waals surface area contributed by atoms with Crippen LogP contribution >= 0.6 is 0 Å². The van der Waals surface area contributed by atoms with Crippen LogP contribution in [0.5, 0.6) is 11.5 Å². The smallest absolute Gasteiger partial charge is 0.276 e. The third-order valence-corrected chi connectivity index (χ3v) is 11.8. The largest absolute Gasteiger partial charge is 0.494 e. The average Bonchev–Trinajstić information content (AvgIpc) is 4.11. The first-order chi connectivity index (χ1) is 33.0. The molecule has 0 saturated carbocycles. The monoisotopic (exact) mass is 942 g/mol. The van der Waals surface area contributed by atoms with E-state index in [2.05, 4.69) is 25.8 Å². The normalized spacial score (nSPS) is 13.8. The Bertz CT molecular complexity index is 3130. The fraction of sp³-hybridized carbons (Fsp3) is 0.326. The van der Waals surface area contributed by atoms with Crippen LogP contribution in [-0.4, -0.2) is 123 Å². The maximum absolute atomic E-state index is 13.7. The summed E-state index contributed by atoms with van der Waals surface area (Å²) in [6.07, 6.45) is 6.54. The third-order valence-electron chi connectivity index (χ3n) is 11.8. The first-order valence-corrected chi connectivity index (χ1v) is 22.0. The number of carbonyl (C=O) groups is 7. The van der Waals surface area contributed by atoms with Crippen molar-refractivity contribution in [2.75, 3.05) is 44.0 Å². The van der Waals surface area contributed by atoms with Crippen LogP contribution in [0.15, 0.2) is 60.7 Å². The van der Waals surface area contributed by atoms with Crippen LogP contribution in [0.25, 0.3) is 22.1 Å². The zero-order valence-corrected chi connectivity index (χ0v) is 38.5. The lowest BCUT2D eigenvalue weighted by Gasteiger charge is -2.39. The molecule has 6 heterocycles. The third kappa shape index (κ3) is 9.64. The molecule has 0 atom stereocenters. The second-order valence-electron chi connectivity index (χ2n) is 16.6. The molecule has 7 amide bonds. The second-order valence-corrected chi connectivity index (χ2v) is 16.6. The molecule has 2 aliphatic rings. The Kier molecular flexibility index (Phi) is 13.1. The molecule has 0 spiro atoms. The fourth-order valence-corrected chi connectivity index (χ4v) is 8.35. The Morgan fingerprint density at radius 3 is 1.84 bits per heavy atom. The van der Waals surface area contributed by atoms with Crippen molar-refractivity contribution in [2.24, 2.45) is 24.4 Å². The van der Waals surface area contributed by atoms with E-state index in [0.717, 1.165) is 4.90 Å². The van der Waals surface area contributed by atoms with Gasteiger partial charge in [-0.3, -0.25) is 58.5 Å². The van der Waals surface area contributed by atoms with E-state index >= 15 is 0 Å². The predicted molar refractivity (Wildman–Crippen MR) is 249 cm³/mol. The van der Waals surface area contributed by atoms with E-state index in [1.165, 1.54) is 48.2 Å². The highest BCUT2D eigenvalue weighted by Crippen LogP contribution is 2.34. The van der Waals surface area contributed by atoms with E-state index in [9.17, 15) is 33.6 Å². The number of imide groups is 1. The summed E-state index contributed by atoms with van der Waals surface area (Å²) in [5.74, 6) is -2.51. The van der Waals surface area contributed by atoms with Crippen LogP contribution in [0.3, 0.4) is 0 Å². The van der Waals surface area contributed by atoms with Gasteiger partial charge in [0.05, 0.1) is 36.1 Å². The van der Waals surface area contributed by atoms with Crippen LogP contribution in [0.4, 0.5) is 11.9 Å². The Morgan fingerprint density at radius 2 is 1.30 bits per heavy atom. The number of fused-ring (bicyclic) bond motifs is 2. The van der Waals surface area contributed by atoms with E-state index in [1.54, 1.807) is 63.9 Å². The predicted octanol–water partition coefficient (Wildman–Crippen LogP) is 2.46. The average molecular weight is 943 g/mol. The molecule has 1 fully saturated rings. The molecule has 8 rings (SSSR count). The number of anilines is 2. The van der Waals surface area contributed by atoms with Crippen molar-refractivity contribution in [1.82, 2.24) is 48.5 Å². The summed E-state index contributed by atoms with van der Waals surface area (Å²) < 4.78 is 18.5. The summed E-state index contributed by atoms with van der Waals surface area (Å²) in [6, 6.07) is 9.33. The SMILES string of the molecule is CCn1nc(C)cc1C(=O)Nc1nc2cc(C(N)=O)cc(OC)c2n1C/C=C/Cn1c(NC(=O)c2cc(C)nn2C)nc2cc(C(N)=O)cc(OCCC3CN(C(=O)CCN4C(=O)C=CC4=O)C3)c21. The molecule has 6 N–H and O–H groups in total. The molecule has 4 aromatic heterocycles. The number of aryl methyl sites for hydroxylation is 4. The number of imidazole rings is 2. The molecule has 0 aliphatic carbocycles. The van der Waals surface area contributed by atoms with Gasteiger partial charge in [0.1, 0.15) is 33.9 Å². The number of amides is 7. The van der Waals surface area contributed by atoms with Crippen LogP contribution in [0.1, 0.15) is 72.8 Å². The highest BCUT2D eigenvalue weighted by Gasteiger charge is 2.32. The Labute approximate surface area is 393 Å². The van der Waals surface area contributed by atoms with Gasteiger partial charge in [0.15, 0.2) is 0 Å². The second kappa shape index (κ2) is 19.3. The Balaban J connectivity index is 1.07. The quantitative estimate of drug-likeness (QED) is 0.0671. The zero-order valence-electron chi connectivity index (χ0n) is 38.5. The molecular weight excluding hydrogens is 893 g/mol. The fourth-order valence-electron chi connectivity index (χ4n) is 8.35. The first-order valence-electron chi connectivity index (χ1n) is 22.0. The van der Waals surface area contributed by atoms with Crippen molar-refractivity contribution in [1.29, 1.82) is 0 Å². The molecule has 0 unspecified atom stereocenters. The molecule has 6 aromatic rings. The number of carbonyl (C=O) groups excluding carboxylic acids is 7. The molecule has 0 bridgehead atoms. The first kappa shape index (κ1) is 46.9. The van der Waals surface area contributed by atoms with Gasteiger partial charge in [-0.15, -0.1) is 0 Å². The van der Waals surface area contributed by atoms with Gasteiger partial charge >= 0.3 is 0 Å². The molecule has 23 heteroatoms. The van der Waals surface area contributed by atoms with Crippen molar-refractivity contribution in [3.05, 3.63) is 94.6 Å². The number of hydrogen-bond donors (Lipinski definition) is 4. The lowest BCUT2D eigenvalue weighted by molar-refractivity contribution is -0.140. The Hall–Kier alpha value is -8.63. The molecule has 358 valence electrons. The van der Waals surface area contributed by atoms with E-state index in [-0.39, 0.29) is 84.7 Å². The van der Waals surface area contributed by atoms with Crippen LogP contribution in [0.2, 0.25) is 0 Å². The molecule has 0 radical (unpaired) electrons. The van der Waals surface area contributed by atoms with Crippen LogP contribution < -0.4 is 31.6 Å². The minimum Gasteiger partial charge on any atom is -0.494 e. The summed E-state index contributed by atoms with van der Waals surface area (Å²) in [5.41, 5.74) is 15.1. The number of primary amides is 2. The number of benzene rings is 2. The molecule has 69 heavy (non-hydrogen) atoms.